The highest BCUT2D eigenvalue weighted by atomic mass is 32.2. The molecule has 8 heteroatoms. The third-order valence-electron chi connectivity index (χ3n) is 5.67. The van der Waals surface area contributed by atoms with Crippen LogP contribution in [0.5, 0.6) is 11.5 Å². The molecule has 0 atom stereocenters. The highest BCUT2D eigenvalue weighted by Gasteiger charge is 2.31. The average molecular weight is 469 g/mol. The molecule has 1 aliphatic rings. The van der Waals surface area contributed by atoms with E-state index < -0.39 is 10.0 Å². The van der Waals surface area contributed by atoms with E-state index in [2.05, 4.69) is 0 Å². The van der Waals surface area contributed by atoms with Gasteiger partial charge in [0, 0.05) is 37.8 Å². The van der Waals surface area contributed by atoms with Gasteiger partial charge in [-0.15, -0.1) is 0 Å². The Bertz CT molecular complexity index is 1250. The van der Waals surface area contributed by atoms with Crippen molar-refractivity contribution < 1.29 is 22.7 Å². The van der Waals surface area contributed by atoms with E-state index in [1.54, 1.807) is 11.0 Å². The van der Waals surface area contributed by atoms with Crippen LogP contribution in [0.25, 0.3) is 10.8 Å². The van der Waals surface area contributed by atoms with E-state index in [4.69, 9.17) is 9.47 Å². The van der Waals surface area contributed by atoms with Crippen LogP contribution in [0.4, 0.5) is 0 Å². The minimum absolute atomic E-state index is 0.0856. The Morgan fingerprint density at radius 2 is 1.48 bits per heavy atom. The molecule has 3 aromatic carbocycles. The first-order valence-electron chi connectivity index (χ1n) is 11.1. The van der Waals surface area contributed by atoms with Gasteiger partial charge < -0.3 is 14.4 Å². The maximum absolute atomic E-state index is 13.2. The lowest BCUT2D eigenvalue weighted by Crippen LogP contribution is -2.50. The molecule has 4 rings (SSSR count). The fourth-order valence-electron chi connectivity index (χ4n) is 3.98. The molecule has 1 saturated heterocycles. The van der Waals surface area contributed by atoms with Gasteiger partial charge in [-0.1, -0.05) is 30.3 Å². The van der Waals surface area contributed by atoms with Crippen molar-refractivity contribution in [2.75, 3.05) is 39.4 Å². The second-order valence-electron chi connectivity index (χ2n) is 7.73. The molecule has 33 heavy (non-hydrogen) atoms. The van der Waals surface area contributed by atoms with Crippen LogP contribution >= 0.6 is 0 Å². The van der Waals surface area contributed by atoms with Crippen molar-refractivity contribution in [3.05, 3.63) is 66.2 Å². The summed E-state index contributed by atoms with van der Waals surface area (Å²) >= 11 is 0. The number of rotatable bonds is 7. The van der Waals surface area contributed by atoms with Crippen LogP contribution in [0.3, 0.4) is 0 Å². The van der Waals surface area contributed by atoms with E-state index in [1.165, 1.54) is 16.4 Å². The zero-order valence-electron chi connectivity index (χ0n) is 18.9. The zero-order chi connectivity index (χ0) is 23.4. The summed E-state index contributed by atoms with van der Waals surface area (Å²) in [5.74, 6) is 0.840. The molecule has 0 bridgehead atoms. The number of ether oxygens (including phenoxy) is 2. The van der Waals surface area contributed by atoms with Gasteiger partial charge in [0.25, 0.3) is 5.91 Å². The van der Waals surface area contributed by atoms with Gasteiger partial charge in [-0.2, -0.15) is 4.31 Å². The van der Waals surface area contributed by atoms with Crippen molar-refractivity contribution >= 4 is 26.7 Å². The second-order valence-corrected chi connectivity index (χ2v) is 9.67. The van der Waals surface area contributed by atoms with Crippen LogP contribution in [-0.2, 0) is 10.0 Å². The molecule has 0 aromatic heterocycles. The van der Waals surface area contributed by atoms with Gasteiger partial charge >= 0.3 is 0 Å². The van der Waals surface area contributed by atoms with Gasteiger partial charge in [-0.3, -0.25) is 4.79 Å². The van der Waals surface area contributed by atoms with E-state index in [0.29, 0.717) is 43.4 Å². The number of piperazine rings is 1. The number of sulfonamides is 1. The second kappa shape index (κ2) is 9.80. The number of fused-ring (bicyclic) bond motifs is 1. The van der Waals surface area contributed by atoms with Crippen molar-refractivity contribution in [3.63, 3.8) is 0 Å². The Morgan fingerprint density at radius 3 is 2.18 bits per heavy atom. The SMILES string of the molecule is CCOc1ccc(S(=O)(=O)N2CCN(C(=O)c3ccc4ccccc4c3)CC2)cc1OCC. The summed E-state index contributed by atoms with van der Waals surface area (Å²) < 4.78 is 39.0. The number of benzene rings is 3. The molecule has 0 aliphatic carbocycles. The Hall–Kier alpha value is -3.10. The van der Waals surface area contributed by atoms with Crippen molar-refractivity contribution in [2.45, 2.75) is 18.7 Å². The summed E-state index contributed by atoms with van der Waals surface area (Å²) in [7, 11) is -3.72. The van der Waals surface area contributed by atoms with Crippen molar-refractivity contribution in [1.29, 1.82) is 0 Å². The van der Waals surface area contributed by atoms with E-state index in [0.717, 1.165) is 10.8 Å². The van der Waals surface area contributed by atoms with Gasteiger partial charge in [0.15, 0.2) is 11.5 Å². The van der Waals surface area contributed by atoms with Crippen LogP contribution in [-0.4, -0.2) is 62.9 Å². The summed E-state index contributed by atoms with van der Waals surface area (Å²) in [5, 5.41) is 2.08. The fraction of sp³-hybridized carbons (Fsp3) is 0.320. The summed E-state index contributed by atoms with van der Waals surface area (Å²) in [6, 6.07) is 18.2. The number of carbonyl (C=O) groups is 1. The van der Waals surface area contributed by atoms with E-state index >= 15 is 0 Å². The number of hydrogen-bond acceptors (Lipinski definition) is 5. The third-order valence-corrected chi connectivity index (χ3v) is 7.57. The van der Waals surface area contributed by atoms with Gasteiger partial charge in [-0.05, 0) is 48.9 Å². The van der Waals surface area contributed by atoms with Gasteiger partial charge in [-0.25, -0.2) is 8.42 Å². The largest absolute Gasteiger partial charge is 0.490 e. The molecule has 1 heterocycles. The van der Waals surface area contributed by atoms with Crippen molar-refractivity contribution in [1.82, 2.24) is 9.21 Å². The molecule has 7 nitrogen and oxygen atoms in total. The highest BCUT2D eigenvalue weighted by molar-refractivity contribution is 7.89. The normalized spacial score (nSPS) is 14.9. The average Bonchev–Trinajstić information content (AvgIpc) is 2.84. The molecular formula is C25H28N2O5S. The number of hydrogen-bond donors (Lipinski definition) is 0. The van der Waals surface area contributed by atoms with Crippen LogP contribution < -0.4 is 9.47 Å². The smallest absolute Gasteiger partial charge is 0.253 e. The quantitative estimate of drug-likeness (QED) is 0.527. The number of carbonyl (C=O) groups excluding carboxylic acids is 1. The molecule has 174 valence electrons. The molecular weight excluding hydrogens is 440 g/mol. The summed E-state index contributed by atoms with van der Waals surface area (Å²) in [5.41, 5.74) is 0.609. The molecule has 0 radical (unpaired) electrons. The molecule has 0 spiro atoms. The first-order valence-corrected chi connectivity index (χ1v) is 12.6. The lowest BCUT2D eigenvalue weighted by molar-refractivity contribution is 0.0698. The summed E-state index contributed by atoms with van der Waals surface area (Å²) in [6.07, 6.45) is 0. The molecule has 0 saturated carbocycles. The molecule has 0 N–H and O–H groups in total. The standard InChI is InChI=1S/C25H28N2O5S/c1-3-31-23-12-11-22(18-24(23)32-4-2)33(29,30)27-15-13-26(14-16-27)25(28)21-10-9-19-7-5-6-8-20(19)17-21/h5-12,17-18H,3-4,13-16H2,1-2H3. The van der Waals surface area contributed by atoms with Crippen molar-refractivity contribution in [3.8, 4) is 11.5 Å². The van der Waals surface area contributed by atoms with E-state index in [-0.39, 0.29) is 23.9 Å². The van der Waals surface area contributed by atoms with Crippen LogP contribution in [0.2, 0.25) is 0 Å². The first kappa shape index (κ1) is 23.1. The number of nitrogens with zero attached hydrogens (tertiary/aromatic N) is 2. The maximum Gasteiger partial charge on any atom is 0.253 e. The molecule has 1 amide bonds. The van der Waals surface area contributed by atoms with E-state index in [1.807, 2.05) is 56.3 Å². The molecule has 1 aliphatic heterocycles. The van der Waals surface area contributed by atoms with Gasteiger partial charge in [0.1, 0.15) is 0 Å². The minimum Gasteiger partial charge on any atom is -0.490 e. The summed E-state index contributed by atoms with van der Waals surface area (Å²) in [6.45, 7) is 5.69. The lowest BCUT2D eigenvalue weighted by atomic mass is 10.1. The van der Waals surface area contributed by atoms with Crippen LogP contribution in [0.1, 0.15) is 24.2 Å². The highest BCUT2D eigenvalue weighted by Crippen LogP contribution is 2.31. The zero-order valence-corrected chi connectivity index (χ0v) is 19.7. The molecule has 1 fully saturated rings. The van der Waals surface area contributed by atoms with Gasteiger partial charge in [0.05, 0.1) is 18.1 Å². The lowest BCUT2D eigenvalue weighted by Gasteiger charge is -2.34. The predicted molar refractivity (Wildman–Crippen MR) is 127 cm³/mol. The maximum atomic E-state index is 13.2. The monoisotopic (exact) mass is 468 g/mol. The Kier molecular flexibility index (Phi) is 6.85. The van der Waals surface area contributed by atoms with Crippen LogP contribution in [0.15, 0.2) is 65.6 Å². The molecule has 0 unspecified atom stereocenters. The van der Waals surface area contributed by atoms with Crippen molar-refractivity contribution in [2.24, 2.45) is 0 Å². The first-order chi connectivity index (χ1) is 15.9. The third kappa shape index (κ3) is 4.82. The number of amides is 1. The van der Waals surface area contributed by atoms with E-state index in [9.17, 15) is 13.2 Å². The molecule has 3 aromatic rings. The minimum atomic E-state index is -3.72. The topological polar surface area (TPSA) is 76.2 Å². The predicted octanol–water partition coefficient (Wildman–Crippen LogP) is 3.78. The Balaban J connectivity index is 1.47. The Labute approximate surface area is 194 Å². The van der Waals surface area contributed by atoms with Gasteiger partial charge in [0.2, 0.25) is 10.0 Å². The van der Waals surface area contributed by atoms with Crippen LogP contribution in [0, 0.1) is 0 Å². The fourth-order valence-corrected chi connectivity index (χ4v) is 5.42. The summed E-state index contributed by atoms with van der Waals surface area (Å²) in [4.78, 5) is 14.9. The Morgan fingerprint density at radius 1 is 0.818 bits per heavy atom.